The van der Waals surface area contributed by atoms with Gasteiger partial charge < -0.3 is 15.3 Å². The van der Waals surface area contributed by atoms with E-state index in [-0.39, 0.29) is 6.10 Å². The van der Waals surface area contributed by atoms with Crippen LogP contribution in [0.15, 0.2) is 0 Å². The van der Waals surface area contributed by atoms with Crippen molar-refractivity contribution in [1.82, 2.24) is 10.2 Å². The van der Waals surface area contributed by atoms with Gasteiger partial charge in [-0.1, -0.05) is 0 Å². The van der Waals surface area contributed by atoms with Crippen molar-refractivity contribution >= 4 is 0 Å². The van der Waals surface area contributed by atoms with Gasteiger partial charge in [0.25, 0.3) is 0 Å². The lowest BCUT2D eigenvalue weighted by atomic mass is 9.90. The van der Waals surface area contributed by atoms with Crippen LogP contribution in [0, 0.1) is 0 Å². The second-order valence-electron chi connectivity index (χ2n) is 6.40. The Bertz CT molecular complexity index is 257. The van der Waals surface area contributed by atoms with Crippen molar-refractivity contribution in [3.8, 4) is 0 Å². The first-order valence-corrected chi connectivity index (χ1v) is 7.38. The normalized spacial score (nSPS) is 47.3. The molecule has 17 heavy (non-hydrogen) atoms. The number of nitrogens with one attached hydrogen (secondary N) is 1. The van der Waals surface area contributed by atoms with Crippen molar-refractivity contribution in [2.24, 2.45) is 0 Å². The first kappa shape index (κ1) is 11.9. The minimum atomic E-state index is -0.0516. The Hall–Kier alpha value is -0.120. The van der Waals surface area contributed by atoms with Gasteiger partial charge in [-0.3, -0.25) is 0 Å². The molecule has 2 bridgehead atoms. The number of aliphatic hydroxyl groups is 1. The van der Waals surface area contributed by atoms with Gasteiger partial charge in [-0.2, -0.15) is 0 Å². The first-order valence-electron chi connectivity index (χ1n) is 7.38. The maximum absolute atomic E-state index is 9.72. The van der Waals surface area contributed by atoms with Crippen LogP contribution in [0.3, 0.4) is 0 Å². The van der Waals surface area contributed by atoms with E-state index in [1.807, 2.05) is 0 Å². The molecule has 0 aromatic rings. The third-order valence-electron chi connectivity index (χ3n) is 5.22. The van der Waals surface area contributed by atoms with Crippen LogP contribution in [0.25, 0.3) is 0 Å². The molecule has 1 aliphatic carbocycles. The summed E-state index contributed by atoms with van der Waals surface area (Å²) in [4.78, 5) is 2.59. The monoisotopic (exact) mass is 238 g/mol. The molecule has 4 atom stereocenters. The highest BCUT2D eigenvalue weighted by Gasteiger charge is 2.39. The Morgan fingerprint density at radius 1 is 0.941 bits per heavy atom. The summed E-state index contributed by atoms with van der Waals surface area (Å²) in [6.45, 7) is 0. The quantitative estimate of drug-likeness (QED) is 0.765. The van der Waals surface area contributed by atoms with Crippen molar-refractivity contribution in [2.75, 3.05) is 7.05 Å². The van der Waals surface area contributed by atoms with Gasteiger partial charge in [0, 0.05) is 24.2 Å². The molecule has 4 unspecified atom stereocenters. The highest BCUT2D eigenvalue weighted by Crippen LogP contribution is 2.34. The molecule has 0 aromatic heterocycles. The summed E-state index contributed by atoms with van der Waals surface area (Å²) in [5.74, 6) is 0. The molecule has 0 aromatic carbocycles. The lowest BCUT2D eigenvalue weighted by Crippen LogP contribution is -2.51. The fraction of sp³-hybridized carbons (Fsp3) is 1.00. The molecule has 0 spiro atoms. The van der Waals surface area contributed by atoms with Crippen molar-refractivity contribution < 1.29 is 5.11 Å². The smallest absolute Gasteiger partial charge is 0.0555 e. The summed E-state index contributed by atoms with van der Waals surface area (Å²) in [7, 11) is 2.29. The molecule has 1 saturated carbocycles. The predicted octanol–water partition coefficient (Wildman–Crippen LogP) is 1.50. The van der Waals surface area contributed by atoms with Gasteiger partial charge in [-0.05, 0) is 58.4 Å². The van der Waals surface area contributed by atoms with E-state index in [1.165, 1.54) is 38.5 Å². The predicted molar refractivity (Wildman–Crippen MR) is 69.0 cm³/mol. The summed E-state index contributed by atoms with van der Waals surface area (Å²) in [6.07, 6.45) is 9.82. The maximum Gasteiger partial charge on any atom is 0.0555 e. The van der Waals surface area contributed by atoms with Crippen LogP contribution in [-0.2, 0) is 0 Å². The lowest BCUT2D eigenvalue weighted by Gasteiger charge is -2.39. The summed E-state index contributed by atoms with van der Waals surface area (Å²) < 4.78 is 0. The topological polar surface area (TPSA) is 35.5 Å². The largest absolute Gasteiger partial charge is 0.393 e. The van der Waals surface area contributed by atoms with E-state index in [1.54, 1.807) is 0 Å². The lowest BCUT2D eigenvalue weighted by molar-refractivity contribution is 0.0943. The van der Waals surface area contributed by atoms with Crippen LogP contribution in [0.2, 0.25) is 0 Å². The standard InChI is InChI=1S/C14H26N2O/c1-16-12-5-6-13(16)8-11(7-12)15-10-3-2-4-14(17)9-10/h10-15,17H,2-9H2,1H3. The highest BCUT2D eigenvalue weighted by molar-refractivity contribution is 4.97. The summed E-state index contributed by atoms with van der Waals surface area (Å²) >= 11 is 0. The molecule has 3 heteroatoms. The van der Waals surface area contributed by atoms with E-state index in [2.05, 4.69) is 17.3 Å². The molecule has 3 fully saturated rings. The molecule has 3 aliphatic rings. The molecular formula is C14H26N2O. The Balaban J connectivity index is 1.53. The van der Waals surface area contributed by atoms with Gasteiger partial charge >= 0.3 is 0 Å². The van der Waals surface area contributed by atoms with E-state index < -0.39 is 0 Å². The van der Waals surface area contributed by atoms with E-state index in [4.69, 9.17) is 0 Å². The number of nitrogens with zero attached hydrogens (tertiary/aromatic N) is 1. The third kappa shape index (κ3) is 2.51. The summed E-state index contributed by atoms with van der Waals surface area (Å²) in [5.41, 5.74) is 0. The maximum atomic E-state index is 9.72. The van der Waals surface area contributed by atoms with Crippen LogP contribution in [0.1, 0.15) is 51.4 Å². The average Bonchev–Trinajstić information content (AvgIpc) is 2.52. The molecule has 2 N–H and O–H groups in total. The van der Waals surface area contributed by atoms with Gasteiger partial charge in [0.2, 0.25) is 0 Å². The van der Waals surface area contributed by atoms with Crippen molar-refractivity contribution in [3.63, 3.8) is 0 Å². The molecule has 2 saturated heterocycles. The van der Waals surface area contributed by atoms with Crippen molar-refractivity contribution in [3.05, 3.63) is 0 Å². The van der Waals surface area contributed by atoms with Crippen LogP contribution in [-0.4, -0.2) is 47.3 Å². The molecule has 0 amide bonds. The Morgan fingerprint density at radius 2 is 1.65 bits per heavy atom. The molecule has 3 rings (SSSR count). The number of hydrogen-bond donors (Lipinski definition) is 2. The summed E-state index contributed by atoms with van der Waals surface area (Å²) in [5, 5.41) is 13.5. The average molecular weight is 238 g/mol. The molecule has 2 heterocycles. The van der Waals surface area contributed by atoms with Gasteiger partial charge in [0.15, 0.2) is 0 Å². The SMILES string of the molecule is CN1C2CCC1CC(NC1CCCC(O)C1)C2. The first-order chi connectivity index (χ1) is 8.22. The Morgan fingerprint density at radius 3 is 2.29 bits per heavy atom. The van der Waals surface area contributed by atoms with Gasteiger partial charge in [0.05, 0.1) is 6.10 Å². The van der Waals surface area contributed by atoms with Gasteiger partial charge in [-0.15, -0.1) is 0 Å². The number of piperidine rings is 1. The second-order valence-corrected chi connectivity index (χ2v) is 6.40. The van der Waals surface area contributed by atoms with E-state index in [0.717, 1.165) is 24.9 Å². The van der Waals surface area contributed by atoms with Crippen LogP contribution < -0.4 is 5.32 Å². The second kappa shape index (κ2) is 4.87. The van der Waals surface area contributed by atoms with Crippen molar-refractivity contribution in [2.45, 2.75) is 81.6 Å². The van der Waals surface area contributed by atoms with Gasteiger partial charge in [-0.25, -0.2) is 0 Å². The van der Waals surface area contributed by atoms with E-state index in [0.29, 0.717) is 12.1 Å². The zero-order valence-corrected chi connectivity index (χ0v) is 10.9. The van der Waals surface area contributed by atoms with Crippen molar-refractivity contribution in [1.29, 1.82) is 0 Å². The van der Waals surface area contributed by atoms with Crippen LogP contribution >= 0.6 is 0 Å². The molecular weight excluding hydrogens is 212 g/mol. The van der Waals surface area contributed by atoms with Crippen LogP contribution in [0.5, 0.6) is 0 Å². The fourth-order valence-corrected chi connectivity index (χ4v) is 4.20. The fourth-order valence-electron chi connectivity index (χ4n) is 4.20. The van der Waals surface area contributed by atoms with E-state index >= 15 is 0 Å². The number of aliphatic hydroxyl groups excluding tert-OH is 1. The Kier molecular flexibility index (Phi) is 3.42. The minimum absolute atomic E-state index is 0.0516. The molecule has 2 aliphatic heterocycles. The molecule has 98 valence electrons. The molecule has 3 nitrogen and oxygen atoms in total. The third-order valence-corrected chi connectivity index (χ3v) is 5.22. The number of hydrogen-bond acceptors (Lipinski definition) is 3. The number of rotatable bonds is 2. The number of fused-ring (bicyclic) bond motifs is 2. The Labute approximate surface area is 105 Å². The van der Waals surface area contributed by atoms with Gasteiger partial charge in [0.1, 0.15) is 0 Å². The minimum Gasteiger partial charge on any atom is -0.393 e. The molecule has 0 radical (unpaired) electrons. The summed E-state index contributed by atoms with van der Waals surface area (Å²) in [6, 6.07) is 2.92. The van der Waals surface area contributed by atoms with Crippen LogP contribution in [0.4, 0.5) is 0 Å². The zero-order valence-electron chi connectivity index (χ0n) is 10.9. The van der Waals surface area contributed by atoms with E-state index in [9.17, 15) is 5.11 Å². The zero-order chi connectivity index (χ0) is 11.8. The highest BCUT2D eigenvalue weighted by atomic mass is 16.3.